The van der Waals surface area contributed by atoms with Crippen LogP contribution in [-0.2, 0) is 11.2 Å². The van der Waals surface area contributed by atoms with Gasteiger partial charge >= 0.3 is 5.97 Å². The number of hydrogen-bond acceptors (Lipinski definition) is 2. The minimum atomic E-state index is -0.156. The summed E-state index contributed by atoms with van der Waals surface area (Å²) in [5.41, 5.74) is 2.52. The van der Waals surface area contributed by atoms with Crippen LogP contribution >= 0.6 is 0 Å². The number of halogens is 1. The lowest BCUT2D eigenvalue weighted by Crippen LogP contribution is -2.25. The minimum Gasteiger partial charge on any atom is -0.426 e. The van der Waals surface area contributed by atoms with E-state index in [-0.39, 0.29) is 17.7 Å². The Bertz CT molecular complexity index is 850. The second-order valence-electron chi connectivity index (χ2n) is 9.78. The molecule has 0 N–H and O–H groups in total. The van der Waals surface area contributed by atoms with E-state index < -0.39 is 0 Å². The predicted molar refractivity (Wildman–Crippen MR) is 135 cm³/mol. The number of hydrogen-bond donors (Lipinski definition) is 0. The summed E-state index contributed by atoms with van der Waals surface area (Å²) in [6.07, 6.45) is 15.3. The molecule has 0 radical (unpaired) electrons. The van der Waals surface area contributed by atoms with E-state index in [9.17, 15) is 9.18 Å². The first-order valence-corrected chi connectivity index (χ1v) is 13.2. The van der Waals surface area contributed by atoms with Crippen LogP contribution in [0.25, 0.3) is 11.1 Å². The molecule has 2 aromatic carbocycles. The maximum absolute atomic E-state index is 14.3. The summed E-state index contributed by atoms with van der Waals surface area (Å²) in [7, 11) is 0. The molecule has 3 rings (SSSR count). The molecule has 1 aliphatic rings. The van der Waals surface area contributed by atoms with Gasteiger partial charge in [0.25, 0.3) is 0 Å². The lowest BCUT2D eigenvalue weighted by molar-refractivity contribution is -0.140. The van der Waals surface area contributed by atoms with Crippen molar-refractivity contribution in [2.24, 2.45) is 11.8 Å². The van der Waals surface area contributed by atoms with Gasteiger partial charge in [0.1, 0.15) is 11.6 Å². The molecule has 2 aromatic rings. The fourth-order valence-corrected chi connectivity index (χ4v) is 5.01. The molecule has 0 saturated heterocycles. The van der Waals surface area contributed by atoms with E-state index in [0.717, 1.165) is 61.1 Å². The highest BCUT2D eigenvalue weighted by Crippen LogP contribution is 2.33. The maximum atomic E-state index is 14.3. The first kappa shape index (κ1) is 25.5. The number of benzene rings is 2. The highest BCUT2D eigenvalue weighted by atomic mass is 19.1. The summed E-state index contributed by atoms with van der Waals surface area (Å²) in [4.78, 5) is 12.7. The third kappa shape index (κ3) is 7.98. The van der Waals surface area contributed by atoms with Crippen LogP contribution in [0.1, 0.15) is 96.5 Å². The molecule has 33 heavy (non-hydrogen) atoms. The van der Waals surface area contributed by atoms with E-state index in [0.29, 0.717) is 5.75 Å². The molecule has 0 bridgehead atoms. The molecular formula is C30H41FO2. The van der Waals surface area contributed by atoms with Crippen LogP contribution in [0.2, 0.25) is 0 Å². The molecule has 0 aromatic heterocycles. The minimum absolute atomic E-state index is 0.0192. The van der Waals surface area contributed by atoms with Crippen LogP contribution in [0, 0.1) is 17.7 Å². The van der Waals surface area contributed by atoms with E-state index in [1.54, 1.807) is 6.07 Å². The smallest absolute Gasteiger partial charge is 0.314 e. The van der Waals surface area contributed by atoms with E-state index in [1.165, 1.54) is 44.9 Å². The molecule has 3 heteroatoms. The van der Waals surface area contributed by atoms with Crippen LogP contribution in [0.5, 0.6) is 5.75 Å². The van der Waals surface area contributed by atoms with Crippen molar-refractivity contribution in [1.82, 2.24) is 0 Å². The number of carbonyl (C=O) groups is 1. The van der Waals surface area contributed by atoms with Crippen LogP contribution in [0.3, 0.4) is 0 Å². The van der Waals surface area contributed by atoms with E-state index >= 15 is 0 Å². The van der Waals surface area contributed by atoms with Gasteiger partial charge in [-0.15, -0.1) is 0 Å². The number of aryl methyl sites for hydroxylation is 1. The molecule has 0 atom stereocenters. The van der Waals surface area contributed by atoms with Gasteiger partial charge in [-0.2, -0.15) is 0 Å². The highest BCUT2D eigenvalue weighted by molar-refractivity contribution is 5.75. The van der Waals surface area contributed by atoms with Crippen LogP contribution in [-0.4, -0.2) is 5.97 Å². The zero-order chi connectivity index (χ0) is 23.5. The normalized spacial score (nSPS) is 18.3. The Hall–Kier alpha value is -2.16. The molecule has 0 heterocycles. The predicted octanol–water partition coefficient (Wildman–Crippen LogP) is 8.91. The summed E-state index contributed by atoms with van der Waals surface area (Å²) in [6.45, 7) is 4.31. The number of ether oxygens (including phenoxy) is 1. The van der Waals surface area contributed by atoms with E-state index in [1.807, 2.05) is 36.4 Å². The second-order valence-corrected chi connectivity index (χ2v) is 9.78. The van der Waals surface area contributed by atoms with Crippen molar-refractivity contribution < 1.29 is 13.9 Å². The molecular weight excluding hydrogens is 411 g/mol. The van der Waals surface area contributed by atoms with Gasteiger partial charge in [0.05, 0.1) is 5.92 Å². The molecule has 2 nitrogen and oxygen atoms in total. The number of rotatable bonds is 12. The summed E-state index contributed by atoms with van der Waals surface area (Å²) in [5.74, 6) is 1.11. The molecule has 1 fully saturated rings. The van der Waals surface area contributed by atoms with Gasteiger partial charge in [0.2, 0.25) is 0 Å². The van der Waals surface area contributed by atoms with Gasteiger partial charge in [-0.3, -0.25) is 4.79 Å². The van der Waals surface area contributed by atoms with Crippen molar-refractivity contribution in [1.29, 1.82) is 0 Å². The average molecular weight is 453 g/mol. The SMILES string of the molecule is CCCCCCCCC1CCC(C(=O)Oc2ccc(-c3ccc(CCC)c(F)c3)cc2)CC1. The summed E-state index contributed by atoms with van der Waals surface area (Å²) < 4.78 is 19.9. The average Bonchev–Trinajstić information content (AvgIpc) is 2.83. The van der Waals surface area contributed by atoms with Gasteiger partial charge in [0, 0.05) is 0 Å². The third-order valence-corrected chi connectivity index (χ3v) is 7.12. The fraction of sp³-hybridized carbons (Fsp3) is 0.567. The first-order chi connectivity index (χ1) is 16.1. The van der Waals surface area contributed by atoms with Gasteiger partial charge in [-0.05, 0) is 72.9 Å². The Labute approximate surface area is 199 Å². The first-order valence-electron chi connectivity index (χ1n) is 13.2. The molecule has 0 unspecified atom stereocenters. The fourth-order valence-electron chi connectivity index (χ4n) is 5.01. The largest absolute Gasteiger partial charge is 0.426 e. The molecule has 1 saturated carbocycles. The molecule has 0 spiro atoms. The van der Waals surface area contributed by atoms with Gasteiger partial charge in [-0.25, -0.2) is 4.39 Å². The number of carbonyl (C=O) groups excluding carboxylic acids is 1. The summed E-state index contributed by atoms with van der Waals surface area (Å²) in [5, 5.41) is 0. The van der Waals surface area contributed by atoms with E-state index in [4.69, 9.17) is 4.74 Å². The van der Waals surface area contributed by atoms with Gasteiger partial charge < -0.3 is 4.74 Å². The monoisotopic (exact) mass is 452 g/mol. The van der Waals surface area contributed by atoms with Gasteiger partial charge in [-0.1, -0.05) is 89.5 Å². The van der Waals surface area contributed by atoms with Crippen molar-refractivity contribution >= 4 is 5.97 Å². The second kappa shape index (κ2) is 13.5. The zero-order valence-electron chi connectivity index (χ0n) is 20.6. The Morgan fingerprint density at radius 2 is 1.52 bits per heavy atom. The molecule has 0 aliphatic heterocycles. The Morgan fingerprint density at radius 3 is 2.18 bits per heavy atom. The Kier molecular flexibility index (Phi) is 10.4. The van der Waals surface area contributed by atoms with Crippen molar-refractivity contribution in [3.8, 4) is 16.9 Å². The van der Waals surface area contributed by atoms with E-state index in [2.05, 4.69) is 13.8 Å². The van der Waals surface area contributed by atoms with Crippen molar-refractivity contribution in [3.05, 3.63) is 53.8 Å². The molecule has 0 amide bonds. The van der Waals surface area contributed by atoms with Gasteiger partial charge in [0.15, 0.2) is 0 Å². The Balaban J connectivity index is 1.42. The standard InChI is InChI=1S/C30H41FO2/c1-3-5-6-7-8-9-11-23-12-14-26(15-13-23)30(32)33-28-20-18-24(19-21-28)27-17-16-25(10-4-2)29(31)22-27/h16-23,26H,3-15H2,1-2H3. The highest BCUT2D eigenvalue weighted by Gasteiger charge is 2.27. The van der Waals surface area contributed by atoms with Crippen LogP contribution in [0.15, 0.2) is 42.5 Å². The lowest BCUT2D eigenvalue weighted by atomic mass is 9.80. The quantitative estimate of drug-likeness (QED) is 0.182. The summed E-state index contributed by atoms with van der Waals surface area (Å²) >= 11 is 0. The Morgan fingerprint density at radius 1 is 0.848 bits per heavy atom. The maximum Gasteiger partial charge on any atom is 0.314 e. The molecule has 180 valence electrons. The van der Waals surface area contributed by atoms with Crippen molar-refractivity contribution in [2.45, 2.75) is 97.3 Å². The number of unbranched alkanes of at least 4 members (excludes halogenated alkanes) is 5. The van der Waals surface area contributed by atoms with Crippen molar-refractivity contribution in [2.75, 3.05) is 0 Å². The van der Waals surface area contributed by atoms with Crippen molar-refractivity contribution in [3.63, 3.8) is 0 Å². The molecule has 1 aliphatic carbocycles. The third-order valence-electron chi connectivity index (χ3n) is 7.12. The zero-order valence-corrected chi connectivity index (χ0v) is 20.6. The lowest BCUT2D eigenvalue weighted by Gasteiger charge is -2.27. The number of esters is 1. The van der Waals surface area contributed by atoms with Crippen LogP contribution < -0.4 is 4.74 Å². The topological polar surface area (TPSA) is 26.3 Å². The van der Waals surface area contributed by atoms with Crippen LogP contribution in [0.4, 0.5) is 4.39 Å². The summed E-state index contributed by atoms with van der Waals surface area (Å²) in [6, 6.07) is 12.8.